The van der Waals surface area contributed by atoms with Gasteiger partial charge in [0.05, 0.1) is 6.33 Å². The summed E-state index contributed by atoms with van der Waals surface area (Å²) < 4.78 is 0. The summed E-state index contributed by atoms with van der Waals surface area (Å²) in [4.78, 5) is 7.08. The lowest BCUT2D eigenvalue weighted by molar-refractivity contribution is 0.566. The van der Waals surface area contributed by atoms with Gasteiger partial charge in [-0.3, -0.25) is 0 Å². The molecule has 3 heteroatoms. The van der Waals surface area contributed by atoms with Crippen LogP contribution >= 0.6 is 0 Å². The van der Waals surface area contributed by atoms with E-state index in [1.54, 1.807) is 6.33 Å². The SMILES string of the molecule is Cc1ccccc1[C@H](C)NCc1cnc[nH]1. The molecule has 2 N–H and O–H groups in total. The fraction of sp³-hybridized carbons (Fsp3) is 0.308. The Kier molecular flexibility index (Phi) is 3.37. The summed E-state index contributed by atoms with van der Waals surface area (Å²) in [5.41, 5.74) is 3.79. The van der Waals surface area contributed by atoms with Crippen molar-refractivity contribution in [2.75, 3.05) is 0 Å². The van der Waals surface area contributed by atoms with Crippen molar-refractivity contribution in [3.05, 3.63) is 53.6 Å². The minimum atomic E-state index is 0.351. The molecule has 1 aromatic carbocycles. The van der Waals surface area contributed by atoms with E-state index in [4.69, 9.17) is 0 Å². The Morgan fingerprint density at radius 3 is 2.88 bits per heavy atom. The minimum Gasteiger partial charge on any atom is -0.347 e. The third-order valence-electron chi connectivity index (χ3n) is 2.81. The van der Waals surface area contributed by atoms with Crippen molar-refractivity contribution < 1.29 is 0 Å². The van der Waals surface area contributed by atoms with E-state index in [0.717, 1.165) is 12.2 Å². The molecule has 1 aromatic heterocycles. The molecule has 16 heavy (non-hydrogen) atoms. The first-order chi connectivity index (χ1) is 7.77. The van der Waals surface area contributed by atoms with Gasteiger partial charge in [0, 0.05) is 24.5 Å². The second-order valence-corrected chi connectivity index (χ2v) is 4.04. The molecule has 3 nitrogen and oxygen atoms in total. The summed E-state index contributed by atoms with van der Waals surface area (Å²) in [6.45, 7) is 5.14. The summed E-state index contributed by atoms with van der Waals surface area (Å²) in [6.07, 6.45) is 3.55. The van der Waals surface area contributed by atoms with Crippen LogP contribution in [0, 0.1) is 6.92 Å². The molecule has 0 unspecified atom stereocenters. The summed E-state index contributed by atoms with van der Waals surface area (Å²) in [5, 5.41) is 3.47. The van der Waals surface area contributed by atoms with Gasteiger partial charge < -0.3 is 10.3 Å². The van der Waals surface area contributed by atoms with Crippen LogP contribution in [0.5, 0.6) is 0 Å². The number of aromatic nitrogens is 2. The van der Waals surface area contributed by atoms with Crippen molar-refractivity contribution in [3.63, 3.8) is 0 Å². The number of rotatable bonds is 4. The van der Waals surface area contributed by atoms with Crippen LogP contribution in [-0.4, -0.2) is 9.97 Å². The Hall–Kier alpha value is -1.61. The normalized spacial score (nSPS) is 12.6. The lowest BCUT2D eigenvalue weighted by atomic mass is 10.0. The standard InChI is InChI=1S/C13H17N3/c1-10-5-3-4-6-13(10)11(2)15-8-12-7-14-9-16-12/h3-7,9,11,15H,8H2,1-2H3,(H,14,16)/t11-/m0/s1. The van der Waals surface area contributed by atoms with Crippen LogP contribution in [0.1, 0.15) is 29.8 Å². The number of hydrogen-bond acceptors (Lipinski definition) is 2. The number of hydrogen-bond donors (Lipinski definition) is 2. The Morgan fingerprint density at radius 1 is 1.38 bits per heavy atom. The minimum absolute atomic E-state index is 0.351. The van der Waals surface area contributed by atoms with E-state index >= 15 is 0 Å². The number of aryl methyl sites for hydroxylation is 1. The average Bonchev–Trinajstić information content (AvgIpc) is 2.79. The molecule has 2 rings (SSSR count). The maximum absolute atomic E-state index is 3.99. The second kappa shape index (κ2) is 4.94. The number of aromatic amines is 1. The quantitative estimate of drug-likeness (QED) is 0.823. The predicted molar refractivity (Wildman–Crippen MR) is 65.0 cm³/mol. The van der Waals surface area contributed by atoms with Crippen LogP contribution in [0.4, 0.5) is 0 Å². The molecule has 0 saturated heterocycles. The van der Waals surface area contributed by atoms with Gasteiger partial charge in [0.25, 0.3) is 0 Å². The van der Waals surface area contributed by atoms with E-state index in [1.165, 1.54) is 11.1 Å². The third-order valence-corrected chi connectivity index (χ3v) is 2.81. The second-order valence-electron chi connectivity index (χ2n) is 4.04. The van der Waals surface area contributed by atoms with Crippen LogP contribution in [0.2, 0.25) is 0 Å². The zero-order valence-electron chi connectivity index (χ0n) is 9.70. The van der Waals surface area contributed by atoms with Gasteiger partial charge in [0.2, 0.25) is 0 Å². The van der Waals surface area contributed by atoms with Crippen molar-refractivity contribution in [2.24, 2.45) is 0 Å². The van der Waals surface area contributed by atoms with Crippen molar-refractivity contribution in [1.82, 2.24) is 15.3 Å². The fourth-order valence-electron chi connectivity index (χ4n) is 1.83. The number of benzene rings is 1. The monoisotopic (exact) mass is 215 g/mol. The first-order valence-corrected chi connectivity index (χ1v) is 5.53. The summed E-state index contributed by atoms with van der Waals surface area (Å²) in [7, 11) is 0. The Balaban J connectivity index is 1.98. The maximum Gasteiger partial charge on any atom is 0.0922 e. The molecule has 0 radical (unpaired) electrons. The first-order valence-electron chi connectivity index (χ1n) is 5.53. The smallest absolute Gasteiger partial charge is 0.0922 e. The van der Waals surface area contributed by atoms with Crippen LogP contribution in [0.25, 0.3) is 0 Å². The molecule has 84 valence electrons. The number of nitrogens with zero attached hydrogens (tertiary/aromatic N) is 1. The van der Waals surface area contributed by atoms with Crippen LogP contribution in [0.3, 0.4) is 0 Å². The maximum atomic E-state index is 3.99. The molecule has 0 fully saturated rings. The molecule has 0 aliphatic carbocycles. The van der Waals surface area contributed by atoms with Gasteiger partial charge in [-0.15, -0.1) is 0 Å². The topological polar surface area (TPSA) is 40.7 Å². The van der Waals surface area contributed by atoms with E-state index in [-0.39, 0.29) is 0 Å². The molecule has 0 aliphatic heterocycles. The van der Waals surface area contributed by atoms with Crippen LogP contribution < -0.4 is 5.32 Å². The highest BCUT2D eigenvalue weighted by atomic mass is 15.0. The molecular weight excluding hydrogens is 198 g/mol. The van der Waals surface area contributed by atoms with Gasteiger partial charge in [-0.05, 0) is 25.0 Å². The summed E-state index contributed by atoms with van der Waals surface area (Å²) in [5.74, 6) is 0. The highest BCUT2D eigenvalue weighted by molar-refractivity contribution is 5.28. The molecule has 0 amide bonds. The largest absolute Gasteiger partial charge is 0.347 e. The number of H-pyrrole nitrogens is 1. The summed E-state index contributed by atoms with van der Waals surface area (Å²) in [6, 6.07) is 8.81. The first kappa shape index (κ1) is 10.9. The van der Waals surface area contributed by atoms with Crippen molar-refractivity contribution >= 4 is 0 Å². The highest BCUT2D eigenvalue weighted by Gasteiger charge is 2.06. The van der Waals surface area contributed by atoms with Gasteiger partial charge in [0.15, 0.2) is 0 Å². The van der Waals surface area contributed by atoms with Crippen LogP contribution in [0.15, 0.2) is 36.8 Å². The molecule has 0 spiro atoms. The fourth-order valence-corrected chi connectivity index (χ4v) is 1.83. The highest BCUT2D eigenvalue weighted by Crippen LogP contribution is 2.16. The van der Waals surface area contributed by atoms with Gasteiger partial charge in [-0.2, -0.15) is 0 Å². The molecule has 1 heterocycles. The molecular formula is C13H17N3. The molecule has 0 bridgehead atoms. The lowest BCUT2D eigenvalue weighted by Crippen LogP contribution is -2.19. The molecule has 0 saturated carbocycles. The van der Waals surface area contributed by atoms with Gasteiger partial charge in [-0.1, -0.05) is 24.3 Å². The number of nitrogens with one attached hydrogen (secondary N) is 2. The zero-order chi connectivity index (χ0) is 11.4. The van der Waals surface area contributed by atoms with E-state index in [0.29, 0.717) is 6.04 Å². The average molecular weight is 215 g/mol. The van der Waals surface area contributed by atoms with Gasteiger partial charge >= 0.3 is 0 Å². The van der Waals surface area contributed by atoms with Crippen LogP contribution in [-0.2, 0) is 6.54 Å². The number of imidazole rings is 1. The summed E-state index contributed by atoms with van der Waals surface area (Å²) >= 11 is 0. The van der Waals surface area contributed by atoms with E-state index in [2.05, 4.69) is 53.4 Å². The Bertz CT molecular complexity index is 434. The van der Waals surface area contributed by atoms with Crippen molar-refractivity contribution in [3.8, 4) is 0 Å². The third kappa shape index (κ3) is 2.49. The van der Waals surface area contributed by atoms with E-state index in [9.17, 15) is 0 Å². The van der Waals surface area contributed by atoms with Gasteiger partial charge in [0.1, 0.15) is 0 Å². The Morgan fingerprint density at radius 2 is 2.19 bits per heavy atom. The van der Waals surface area contributed by atoms with E-state index in [1.807, 2.05) is 6.20 Å². The van der Waals surface area contributed by atoms with E-state index < -0.39 is 0 Å². The molecule has 1 atom stereocenters. The van der Waals surface area contributed by atoms with Gasteiger partial charge in [-0.25, -0.2) is 4.98 Å². The molecule has 2 aromatic rings. The van der Waals surface area contributed by atoms with Crippen molar-refractivity contribution in [1.29, 1.82) is 0 Å². The van der Waals surface area contributed by atoms with Crippen molar-refractivity contribution in [2.45, 2.75) is 26.4 Å². The molecule has 0 aliphatic rings. The zero-order valence-corrected chi connectivity index (χ0v) is 9.70. The lowest BCUT2D eigenvalue weighted by Gasteiger charge is -2.15. The predicted octanol–water partition coefficient (Wildman–Crippen LogP) is 2.57. The Labute approximate surface area is 95.9 Å².